The smallest absolute Gasteiger partial charge is 0.232 e. The molecular weight excluding hydrogens is 164 g/mol. The number of hydrogen-bond donors (Lipinski definition) is 0. The van der Waals surface area contributed by atoms with E-state index in [0.29, 0.717) is 6.42 Å². The number of amides is 1. The van der Waals surface area contributed by atoms with E-state index in [-0.39, 0.29) is 11.9 Å². The first-order chi connectivity index (χ1) is 6.11. The zero-order valence-corrected chi connectivity index (χ0v) is 8.29. The highest BCUT2D eigenvalue weighted by atomic mass is 16.2. The number of aliphatic imine (C=N–C) groups is 1. The van der Waals surface area contributed by atoms with Crippen molar-refractivity contribution in [1.29, 1.82) is 0 Å². The van der Waals surface area contributed by atoms with E-state index >= 15 is 0 Å². The topological polar surface area (TPSA) is 32.7 Å². The summed E-state index contributed by atoms with van der Waals surface area (Å²) in [5, 5.41) is 0. The lowest BCUT2D eigenvalue weighted by atomic mass is 10.1. The molecular formula is C10H14N2O. The summed E-state index contributed by atoms with van der Waals surface area (Å²) in [5.41, 5.74) is 2.43. The van der Waals surface area contributed by atoms with Crippen molar-refractivity contribution in [2.24, 2.45) is 4.99 Å². The molecule has 0 spiro atoms. The lowest BCUT2D eigenvalue weighted by Crippen LogP contribution is -2.34. The molecule has 0 N–H and O–H groups in total. The average Bonchev–Trinajstić information content (AvgIpc) is 2.44. The van der Waals surface area contributed by atoms with Gasteiger partial charge in [0, 0.05) is 12.1 Å². The van der Waals surface area contributed by atoms with Crippen molar-refractivity contribution in [3.63, 3.8) is 0 Å². The maximum absolute atomic E-state index is 11.5. The quantitative estimate of drug-likeness (QED) is 0.555. The minimum absolute atomic E-state index is 0.197. The second kappa shape index (κ2) is 2.69. The van der Waals surface area contributed by atoms with Crippen LogP contribution in [0, 0.1) is 0 Å². The van der Waals surface area contributed by atoms with Gasteiger partial charge in [-0.2, -0.15) is 0 Å². The van der Waals surface area contributed by atoms with Gasteiger partial charge in [0.2, 0.25) is 5.91 Å². The van der Waals surface area contributed by atoms with E-state index < -0.39 is 0 Å². The molecule has 1 atom stereocenters. The van der Waals surface area contributed by atoms with Crippen molar-refractivity contribution in [1.82, 2.24) is 4.90 Å². The number of allylic oxidation sites excluding steroid dienone is 1. The summed E-state index contributed by atoms with van der Waals surface area (Å²) in [6, 6.07) is 0.247. The van der Waals surface area contributed by atoms with E-state index in [9.17, 15) is 4.79 Å². The number of amidine groups is 1. The van der Waals surface area contributed by atoms with E-state index in [1.54, 1.807) is 4.90 Å². The number of carbonyl (C=O) groups is 1. The predicted octanol–water partition coefficient (Wildman–Crippen LogP) is 1.70. The minimum Gasteiger partial charge on any atom is -0.274 e. The van der Waals surface area contributed by atoms with Crippen LogP contribution in [-0.2, 0) is 4.79 Å². The van der Waals surface area contributed by atoms with Crippen LogP contribution in [-0.4, -0.2) is 22.7 Å². The van der Waals surface area contributed by atoms with Gasteiger partial charge in [-0.1, -0.05) is 0 Å². The first-order valence-corrected chi connectivity index (χ1v) is 4.68. The zero-order valence-electron chi connectivity index (χ0n) is 8.29. The van der Waals surface area contributed by atoms with Crippen molar-refractivity contribution >= 4 is 11.7 Å². The Morgan fingerprint density at radius 3 is 2.77 bits per heavy atom. The molecule has 2 aliphatic heterocycles. The van der Waals surface area contributed by atoms with Crippen molar-refractivity contribution < 1.29 is 4.79 Å². The van der Waals surface area contributed by atoms with Gasteiger partial charge in [-0.3, -0.25) is 14.7 Å². The van der Waals surface area contributed by atoms with Crippen molar-refractivity contribution in [3.8, 4) is 0 Å². The maximum Gasteiger partial charge on any atom is 0.232 e. The molecule has 0 saturated carbocycles. The summed E-state index contributed by atoms with van der Waals surface area (Å²) in [6.07, 6.45) is 1.54. The Kier molecular flexibility index (Phi) is 1.75. The van der Waals surface area contributed by atoms with Crippen molar-refractivity contribution in [2.45, 2.75) is 39.7 Å². The molecule has 2 aliphatic rings. The van der Waals surface area contributed by atoms with Gasteiger partial charge in [0.25, 0.3) is 0 Å². The molecule has 2 rings (SSSR count). The summed E-state index contributed by atoms with van der Waals surface area (Å²) in [6.45, 7) is 6.06. The molecule has 3 nitrogen and oxygen atoms in total. The molecule has 0 bridgehead atoms. The molecule has 0 radical (unpaired) electrons. The molecule has 0 aromatic heterocycles. The Bertz CT molecular complexity index is 328. The van der Waals surface area contributed by atoms with E-state index in [4.69, 9.17) is 0 Å². The molecule has 70 valence electrons. The second-order valence-corrected chi connectivity index (χ2v) is 3.71. The molecule has 0 aliphatic carbocycles. The van der Waals surface area contributed by atoms with Crippen LogP contribution in [0.1, 0.15) is 33.6 Å². The summed E-state index contributed by atoms with van der Waals surface area (Å²) in [5.74, 6) is 1.05. The molecule has 1 fully saturated rings. The minimum atomic E-state index is 0.197. The number of nitrogens with zero attached hydrogens (tertiary/aromatic N) is 2. The van der Waals surface area contributed by atoms with Gasteiger partial charge in [-0.15, -0.1) is 0 Å². The molecule has 1 amide bonds. The van der Waals surface area contributed by atoms with E-state index in [0.717, 1.165) is 12.3 Å². The highest BCUT2D eigenvalue weighted by Crippen LogP contribution is 2.31. The second-order valence-electron chi connectivity index (χ2n) is 3.71. The highest BCUT2D eigenvalue weighted by molar-refractivity contribution is 6.01. The lowest BCUT2D eigenvalue weighted by molar-refractivity contribution is -0.123. The summed E-state index contributed by atoms with van der Waals surface area (Å²) in [7, 11) is 0. The van der Waals surface area contributed by atoms with Crippen LogP contribution in [0.25, 0.3) is 0 Å². The summed E-state index contributed by atoms with van der Waals surface area (Å²) in [4.78, 5) is 17.7. The SMILES string of the molecule is CC1=NC(C)C(C)=C2CCC(=O)N12. The summed E-state index contributed by atoms with van der Waals surface area (Å²) < 4.78 is 0. The number of hydrogen-bond acceptors (Lipinski definition) is 2. The molecule has 1 unspecified atom stereocenters. The molecule has 3 heteroatoms. The molecule has 2 heterocycles. The van der Waals surface area contributed by atoms with E-state index in [2.05, 4.69) is 18.8 Å². The normalized spacial score (nSPS) is 27.9. The third kappa shape index (κ3) is 1.10. The van der Waals surface area contributed by atoms with Crippen LogP contribution in [0.4, 0.5) is 0 Å². The largest absolute Gasteiger partial charge is 0.274 e. The van der Waals surface area contributed by atoms with E-state index in [1.165, 1.54) is 11.3 Å². The Morgan fingerprint density at radius 2 is 2.08 bits per heavy atom. The Hall–Kier alpha value is -1.12. The highest BCUT2D eigenvalue weighted by Gasteiger charge is 2.33. The van der Waals surface area contributed by atoms with Gasteiger partial charge in [-0.05, 0) is 32.8 Å². The van der Waals surface area contributed by atoms with Crippen LogP contribution >= 0.6 is 0 Å². The standard InChI is InChI=1S/C10H14N2O/c1-6-7(2)11-8(3)12-9(6)4-5-10(12)13/h7H,4-5H2,1-3H3. The molecule has 0 aromatic carbocycles. The van der Waals surface area contributed by atoms with Crippen LogP contribution in [0.2, 0.25) is 0 Å². The number of rotatable bonds is 0. The van der Waals surface area contributed by atoms with Crippen LogP contribution < -0.4 is 0 Å². The maximum atomic E-state index is 11.5. The number of fused-ring (bicyclic) bond motifs is 1. The molecule has 1 saturated heterocycles. The monoisotopic (exact) mass is 178 g/mol. The first-order valence-electron chi connectivity index (χ1n) is 4.68. The van der Waals surface area contributed by atoms with Crippen molar-refractivity contribution in [2.75, 3.05) is 0 Å². The van der Waals surface area contributed by atoms with Crippen LogP contribution in [0.3, 0.4) is 0 Å². The summed E-state index contributed by atoms with van der Waals surface area (Å²) >= 11 is 0. The Morgan fingerprint density at radius 1 is 1.38 bits per heavy atom. The fraction of sp³-hybridized carbons (Fsp3) is 0.600. The predicted molar refractivity (Wildman–Crippen MR) is 51.4 cm³/mol. The van der Waals surface area contributed by atoms with Gasteiger partial charge in [0.15, 0.2) is 0 Å². The van der Waals surface area contributed by atoms with Crippen molar-refractivity contribution in [3.05, 3.63) is 11.3 Å². The average molecular weight is 178 g/mol. The third-order valence-electron chi connectivity index (χ3n) is 2.88. The fourth-order valence-electron chi connectivity index (χ4n) is 2.02. The van der Waals surface area contributed by atoms with Gasteiger partial charge in [0.1, 0.15) is 5.84 Å². The van der Waals surface area contributed by atoms with Crippen LogP contribution in [0.5, 0.6) is 0 Å². The molecule has 0 aromatic rings. The lowest BCUT2D eigenvalue weighted by Gasteiger charge is -2.27. The van der Waals surface area contributed by atoms with Gasteiger partial charge < -0.3 is 0 Å². The van der Waals surface area contributed by atoms with Gasteiger partial charge in [-0.25, -0.2) is 0 Å². The third-order valence-corrected chi connectivity index (χ3v) is 2.88. The van der Waals surface area contributed by atoms with E-state index in [1.807, 2.05) is 6.92 Å². The fourth-order valence-corrected chi connectivity index (χ4v) is 2.02. The van der Waals surface area contributed by atoms with Crippen LogP contribution in [0.15, 0.2) is 16.3 Å². The number of carbonyl (C=O) groups excluding carboxylic acids is 1. The van der Waals surface area contributed by atoms with Gasteiger partial charge in [0.05, 0.1) is 6.04 Å². The van der Waals surface area contributed by atoms with Gasteiger partial charge >= 0.3 is 0 Å². The molecule has 13 heavy (non-hydrogen) atoms. The Labute approximate surface area is 78.1 Å². The first kappa shape index (κ1) is 8.48. The Balaban J connectivity index is 2.46. The zero-order chi connectivity index (χ0) is 9.59.